The third-order valence-corrected chi connectivity index (χ3v) is 3.40. The van der Waals surface area contributed by atoms with Crippen molar-refractivity contribution in [2.45, 2.75) is 32.1 Å². The van der Waals surface area contributed by atoms with E-state index in [0.717, 1.165) is 6.42 Å². The maximum Gasteiger partial charge on any atom is 0.143 e. The summed E-state index contributed by atoms with van der Waals surface area (Å²) >= 11 is 0. The van der Waals surface area contributed by atoms with Crippen LogP contribution in [0.5, 0.6) is 0 Å². The van der Waals surface area contributed by atoms with Gasteiger partial charge < -0.3 is 0 Å². The van der Waals surface area contributed by atoms with Crippen molar-refractivity contribution in [3.05, 3.63) is 35.9 Å². The van der Waals surface area contributed by atoms with Gasteiger partial charge in [-0.1, -0.05) is 30.3 Å². The average Bonchev–Trinajstić information content (AvgIpc) is 2.29. The number of Topliss-reactive ketones (excluding diaryl/α,β-unsaturated/α-hetero) is 2. The third kappa shape index (κ3) is 2.21. The highest BCUT2D eigenvalue weighted by molar-refractivity contribution is 6.02. The summed E-state index contributed by atoms with van der Waals surface area (Å²) in [5.41, 5.74) is 1.22. The van der Waals surface area contributed by atoms with Gasteiger partial charge in [-0.3, -0.25) is 9.59 Å². The normalized spacial score (nSPS) is 25.4. The lowest BCUT2D eigenvalue weighted by Crippen LogP contribution is -2.28. The molecule has 0 unspecified atom stereocenters. The maximum absolute atomic E-state index is 11.8. The predicted octanol–water partition coefficient (Wildman–Crippen LogP) is 2.73. The number of carbonyl (C=O) groups excluding carboxylic acids is 2. The van der Waals surface area contributed by atoms with E-state index in [1.807, 2.05) is 18.2 Å². The van der Waals surface area contributed by atoms with E-state index in [4.69, 9.17) is 0 Å². The van der Waals surface area contributed by atoms with Crippen LogP contribution in [0.25, 0.3) is 0 Å². The van der Waals surface area contributed by atoms with Crippen LogP contribution in [0.3, 0.4) is 0 Å². The van der Waals surface area contributed by atoms with E-state index < -0.39 is 0 Å². The highest BCUT2D eigenvalue weighted by atomic mass is 16.1. The van der Waals surface area contributed by atoms with Crippen LogP contribution in [0.15, 0.2) is 30.3 Å². The molecule has 0 bridgehead atoms. The maximum atomic E-state index is 11.8. The van der Waals surface area contributed by atoms with Crippen LogP contribution in [0, 0.1) is 5.92 Å². The Morgan fingerprint density at radius 1 is 1.19 bits per heavy atom. The molecule has 16 heavy (non-hydrogen) atoms. The molecule has 0 saturated heterocycles. The zero-order chi connectivity index (χ0) is 11.5. The number of carbonyl (C=O) groups is 2. The SMILES string of the molecule is CC(=O)[C@H]1CC[C@@H](c2ccccc2)CC1=O. The molecule has 0 radical (unpaired) electrons. The summed E-state index contributed by atoms with van der Waals surface area (Å²) in [6, 6.07) is 10.1. The Morgan fingerprint density at radius 3 is 2.44 bits per heavy atom. The minimum Gasteiger partial charge on any atom is -0.299 e. The van der Waals surface area contributed by atoms with Crippen molar-refractivity contribution in [2.75, 3.05) is 0 Å². The lowest BCUT2D eigenvalue weighted by atomic mass is 9.76. The third-order valence-electron chi connectivity index (χ3n) is 3.40. The minimum absolute atomic E-state index is 0.0245. The largest absolute Gasteiger partial charge is 0.299 e. The van der Waals surface area contributed by atoms with Gasteiger partial charge in [-0.25, -0.2) is 0 Å². The molecular weight excluding hydrogens is 200 g/mol. The molecule has 1 aliphatic rings. The van der Waals surface area contributed by atoms with Gasteiger partial charge in [0.2, 0.25) is 0 Å². The number of hydrogen-bond acceptors (Lipinski definition) is 2. The summed E-state index contributed by atoms with van der Waals surface area (Å²) in [6.45, 7) is 1.52. The van der Waals surface area contributed by atoms with Crippen molar-refractivity contribution in [3.63, 3.8) is 0 Å². The van der Waals surface area contributed by atoms with Gasteiger partial charge in [-0.15, -0.1) is 0 Å². The first-order valence-corrected chi connectivity index (χ1v) is 5.76. The van der Waals surface area contributed by atoms with E-state index >= 15 is 0 Å². The summed E-state index contributed by atoms with van der Waals surface area (Å²) in [7, 11) is 0. The van der Waals surface area contributed by atoms with Gasteiger partial charge in [0, 0.05) is 6.42 Å². The highest BCUT2D eigenvalue weighted by Gasteiger charge is 2.31. The first kappa shape index (κ1) is 11.1. The Balaban J connectivity index is 2.08. The van der Waals surface area contributed by atoms with Gasteiger partial charge in [-0.05, 0) is 31.2 Å². The molecule has 1 fully saturated rings. The monoisotopic (exact) mass is 216 g/mol. The van der Waals surface area contributed by atoms with Crippen molar-refractivity contribution < 1.29 is 9.59 Å². The molecule has 1 aromatic carbocycles. The van der Waals surface area contributed by atoms with Crippen LogP contribution in [-0.2, 0) is 9.59 Å². The van der Waals surface area contributed by atoms with Crippen molar-refractivity contribution in [2.24, 2.45) is 5.92 Å². The molecule has 2 heteroatoms. The molecular formula is C14H16O2. The second-order valence-electron chi connectivity index (χ2n) is 4.52. The number of hydrogen-bond donors (Lipinski definition) is 0. The minimum atomic E-state index is -0.333. The Bertz CT molecular complexity index is 394. The van der Waals surface area contributed by atoms with Crippen LogP contribution >= 0.6 is 0 Å². The molecule has 0 heterocycles. The van der Waals surface area contributed by atoms with E-state index in [1.165, 1.54) is 12.5 Å². The van der Waals surface area contributed by atoms with Gasteiger partial charge in [-0.2, -0.15) is 0 Å². The van der Waals surface area contributed by atoms with Crippen LogP contribution in [0.2, 0.25) is 0 Å². The lowest BCUT2D eigenvalue weighted by Gasteiger charge is -2.26. The van der Waals surface area contributed by atoms with Gasteiger partial charge >= 0.3 is 0 Å². The zero-order valence-corrected chi connectivity index (χ0v) is 9.48. The van der Waals surface area contributed by atoms with Crippen molar-refractivity contribution in [3.8, 4) is 0 Å². The second-order valence-corrected chi connectivity index (χ2v) is 4.52. The fourth-order valence-corrected chi connectivity index (χ4v) is 2.46. The summed E-state index contributed by atoms with van der Waals surface area (Å²) < 4.78 is 0. The van der Waals surface area contributed by atoms with Crippen LogP contribution in [-0.4, -0.2) is 11.6 Å². The molecule has 1 saturated carbocycles. The van der Waals surface area contributed by atoms with Crippen molar-refractivity contribution >= 4 is 11.6 Å². The molecule has 2 atom stereocenters. The molecule has 0 aromatic heterocycles. The van der Waals surface area contributed by atoms with Crippen molar-refractivity contribution in [1.29, 1.82) is 0 Å². The fraction of sp³-hybridized carbons (Fsp3) is 0.429. The van der Waals surface area contributed by atoms with Gasteiger partial charge in [0.05, 0.1) is 5.92 Å². The molecule has 1 aromatic rings. The Kier molecular flexibility index (Phi) is 3.18. The fourth-order valence-electron chi connectivity index (χ4n) is 2.46. The quantitative estimate of drug-likeness (QED) is 0.712. The Morgan fingerprint density at radius 2 is 1.88 bits per heavy atom. The lowest BCUT2D eigenvalue weighted by molar-refractivity contribution is -0.133. The first-order valence-electron chi connectivity index (χ1n) is 5.76. The van der Waals surface area contributed by atoms with Gasteiger partial charge in [0.25, 0.3) is 0 Å². The first-order chi connectivity index (χ1) is 7.68. The van der Waals surface area contributed by atoms with E-state index in [-0.39, 0.29) is 17.5 Å². The van der Waals surface area contributed by atoms with Crippen LogP contribution < -0.4 is 0 Å². The van der Waals surface area contributed by atoms with E-state index in [0.29, 0.717) is 18.8 Å². The number of benzene rings is 1. The van der Waals surface area contributed by atoms with E-state index in [9.17, 15) is 9.59 Å². The second kappa shape index (κ2) is 4.60. The molecule has 1 aliphatic carbocycles. The molecule has 84 valence electrons. The van der Waals surface area contributed by atoms with Crippen LogP contribution in [0.1, 0.15) is 37.7 Å². The molecule has 0 amide bonds. The van der Waals surface area contributed by atoms with Gasteiger partial charge in [0.15, 0.2) is 0 Å². The Labute approximate surface area is 95.7 Å². The van der Waals surface area contributed by atoms with E-state index in [2.05, 4.69) is 12.1 Å². The highest BCUT2D eigenvalue weighted by Crippen LogP contribution is 2.33. The molecule has 2 rings (SSSR count). The summed E-state index contributed by atoms with van der Waals surface area (Å²) in [6.07, 6.45) is 2.18. The smallest absolute Gasteiger partial charge is 0.143 e. The van der Waals surface area contributed by atoms with Crippen molar-refractivity contribution in [1.82, 2.24) is 0 Å². The Hall–Kier alpha value is -1.44. The van der Waals surface area contributed by atoms with Crippen LogP contribution in [0.4, 0.5) is 0 Å². The zero-order valence-electron chi connectivity index (χ0n) is 9.48. The molecule has 2 nitrogen and oxygen atoms in total. The summed E-state index contributed by atoms with van der Waals surface area (Å²) in [5, 5.41) is 0. The molecule has 0 spiro atoms. The van der Waals surface area contributed by atoms with Gasteiger partial charge in [0.1, 0.15) is 11.6 Å². The standard InChI is InChI=1S/C14H16O2/c1-10(15)13-8-7-12(9-14(13)16)11-5-3-2-4-6-11/h2-6,12-13H,7-9H2,1H3/t12-,13-/m1/s1. The summed E-state index contributed by atoms with van der Waals surface area (Å²) in [5.74, 6) is 0.119. The number of rotatable bonds is 2. The molecule has 0 N–H and O–H groups in total. The topological polar surface area (TPSA) is 34.1 Å². The number of ketones is 2. The molecule has 0 aliphatic heterocycles. The van der Waals surface area contributed by atoms with E-state index in [1.54, 1.807) is 0 Å². The summed E-state index contributed by atoms with van der Waals surface area (Å²) in [4.78, 5) is 23.0. The average molecular weight is 216 g/mol. The predicted molar refractivity (Wildman–Crippen MR) is 62.2 cm³/mol.